The summed E-state index contributed by atoms with van der Waals surface area (Å²) in [7, 11) is 1.26. The van der Waals surface area contributed by atoms with Gasteiger partial charge in [0.05, 0.1) is 23.8 Å². The fourth-order valence-electron chi connectivity index (χ4n) is 2.37. The van der Waals surface area contributed by atoms with Crippen molar-refractivity contribution in [1.82, 2.24) is 4.90 Å². The lowest BCUT2D eigenvalue weighted by Crippen LogP contribution is -2.41. The second-order valence-corrected chi connectivity index (χ2v) is 5.20. The van der Waals surface area contributed by atoms with Gasteiger partial charge in [0.2, 0.25) is 0 Å². The van der Waals surface area contributed by atoms with Crippen molar-refractivity contribution in [2.24, 2.45) is 0 Å². The number of aliphatic hydroxyl groups excluding tert-OH is 1. The van der Waals surface area contributed by atoms with Crippen molar-refractivity contribution < 1.29 is 19.4 Å². The first-order chi connectivity index (χ1) is 9.45. The highest BCUT2D eigenvalue weighted by Gasteiger charge is 2.40. The highest BCUT2D eigenvalue weighted by molar-refractivity contribution is 6.34. The Morgan fingerprint density at radius 1 is 1.45 bits per heavy atom. The van der Waals surface area contributed by atoms with Crippen LogP contribution in [0.4, 0.5) is 0 Å². The number of nitrogens with zero attached hydrogens (tertiary/aromatic N) is 1. The molecule has 2 unspecified atom stereocenters. The first-order valence-corrected chi connectivity index (χ1v) is 6.65. The summed E-state index contributed by atoms with van der Waals surface area (Å²) in [6, 6.07) is 4.37. The van der Waals surface area contributed by atoms with Gasteiger partial charge in [-0.25, -0.2) is 4.79 Å². The second-order valence-electron chi connectivity index (χ2n) is 4.82. The predicted octanol–water partition coefficient (Wildman–Crippen LogP) is 1.40. The van der Waals surface area contributed by atoms with Gasteiger partial charge >= 0.3 is 5.97 Å². The van der Waals surface area contributed by atoms with E-state index in [4.69, 9.17) is 11.6 Å². The van der Waals surface area contributed by atoms with Crippen molar-refractivity contribution in [3.8, 4) is 0 Å². The molecule has 1 aromatic carbocycles. The first-order valence-electron chi connectivity index (χ1n) is 6.27. The third-order valence-corrected chi connectivity index (χ3v) is 3.94. The summed E-state index contributed by atoms with van der Waals surface area (Å²) in [5.41, 5.74) is 1.11. The molecule has 1 saturated heterocycles. The molecule has 5 nitrogen and oxygen atoms in total. The van der Waals surface area contributed by atoms with Gasteiger partial charge in [-0.05, 0) is 18.6 Å². The van der Waals surface area contributed by atoms with Gasteiger partial charge in [0.1, 0.15) is 6.04 Å². The lowest BCUT2D eigenvalue weighted by Gasteiger charge is -2.23. The molecule has 0 radical (unpaired) electrons. The molecule has 0 spiro atoms. The molecule has 2 atom stereocenters. The fourth-order valence-corrected chi connectivity index (χ4v) is 2.57. The zero-order valence-corrected chi connectivity index (χ0v) is 12.1. The number of hydrogen-bond acceptors (Lipinski definition) is 4. The van der Waals surface area contributed by atoms with E-state index in [2.05, 4.69) is 4.74 Å². The lowest BCUT2D eigenvalue weighted by molar-refractivity contribution is -0.145. The largest absolute Gasteiger partial charge is 0.467 e. The minimum Gasteiger partial charge on any atom is -0.467 e. The van der Waals surface area contributed by atoms with E-state index < -0.39 is 18.1 Å². The Bertz CT molecular complexity index is 546. The van der Waals surface area contributed by atoms with Gasteiger partial charge < -0.3 is 14.7 Å². The zero-order chi connectivity index (χ0) is 14.9. The molecule has 0 bridgehead atoms. The molecule has 1 heterocycles. The maximum Gasteiger partial charge on any atom is 0.328 e. The molecule has 2 rings (SSSR count). The number of benzene rings is 1. The number of aliphatic hydroxyl groups is 1. The summed E-state index contributed by atoms with van der Waals surface area (Å²) in [6.45, 7) is 1.90. The number of rotatable bonds is 2. The molecule has 0 aromatic heterocycles. The molecule has 0 aliphatic carbocycles. The third-order valence-electron chi connectivity index (χ3n) is 3.44. The van der Waals surface area contributed by atoms with E-state index in [1.807, 2.05) is 0 Å². The third kappa shape index (κ3) is 2.64. The van der Waals surface area contributed by atoms with Gasteiger partial charge in [0.25, 0.3) is 5.91 Å². The van der Waals surface area contributed by atoms with Crippen LogP contribution >= 0.6 is 11.6 Å². The van der Waals surface area contributed by atoms with Crippen LogP contribution in [0.1, 0.15) is 22.3 Å². The molecule has 0 saturated carbocycles. The number of esters is 1. The normalized spacial score (nSPS) is 21.9. The number of carbonyl (C=O) groups excluding carboxylic acids is 2. The van der Waals surface area contributed by atoms with E-state index in [0.29, 0.717) is 10.6 Å². The fraction of sp³-hybridized carbons (Fsp3) is 0.429. The average molecular weight is 298 g/mol. The number of ether oxygens (including phenoxy) is 1. The van der Waals surface area contributed by atoms with Crippen molar-refractivity contribution in [3.05, 3.63) is 34.3 Å². The van der Waals surface area contributed by atoms with Crippen LogP contribution in [-0.4, -0.2) is 47.7 Å². The van der Waals surface area contributed by atoms with Crippen molar-refractivity contribution in [2.75, 3.05) is 13.7 Å². The molecule has 1 aliphatic rings. The monoisotopic (exact) mass is 297 g/mol. The summed E-state index contributed by atoms with van der Waals surface area (Å²) in [5, 5.41) is 10.1. The molecule has 1 N–H and O–H groups in total. The van der Waals surface area contributed by atoms with Crippen LogP contribution in [0.3, 0.4) is 0 Å². The number of carbonyl (C=O) groups is 2. The molecule has 1 aromatic rings. The predicted molar refractivity (Wildman–Crippen MR) is 73.7 cm³/mol. The summed E-state index contributed by atoms with van der Waals surface area (Å²) >= 11 is 6.14. The molecule has 6 heteroatoms. The number of aryl methyl sites for hydroxylation is 1. The van der Waals surface area contributed by atoms with Crippen LogP contribution in [0, 0.1) is 6.92 Å². The summed E-state index contributed by atoms with van der Waals surface area (Å²) in [4.78, 5) is 25.5. The minimum absolute atomic E-state index is 0.100. The minimum atomic E-state index is -0.765. The van der Waals surface area contributed by atoms with E-state index >= 15 is 0 Å². The Labute approximate surface area is 122 Å². The van der Waals surface area contributed by atoms with Crippen LogP contribution in [0.15, 0.2) is 18.2 Å². The maximum atomic E-state index is 12.5. The van der Waals surface area contributed by atoms with Crippen LogP contribution in [0.2, 0.25) is 5.02 Å². The van der Waals surface area contributed by atoms with Crippen LogP contribution in [0.25, 0.3) is 0 Å². The van der Waals surface area contributed by atoms with Gasteiger partial charge in [-0.15, -0.1) is 0 Å². The van der Waals surface area contributed by atoms with E-state index in [1.165, 1.54) is 12.0 Å². The highest BCUT2D eigenvalue weighted by atomic mass is 35.5. The summed E-state index contributed by atoms with van der Waals surface area (Å²) < 4.78 is 4.68. The van der Waals surface area contributed by atoms with Gasteiger partial charge in [-0.1, -0.05) is 23.7 Å². The number of halogens is 1. The maximum absolute atomic E-state index is 12.5. The Morgan fingerprint density at radius 2 is 2.15 bits per heavy atom. The van der Waals surface area contributed by atoms with Crippen LogP contribution in [-0.2, 0) is 9.53 Å². The number of likely N-dealkylation sites (tertiary alicyclic amines) is 1. The van der Waals surface area contributed by atoms with E-state index in [0.717, 1.165) is 5.56 Å². The van der Waals surface area contributed by atoms with Crippen molar-refractivity contribution in [3.63, 3.8) is 0 Å². The van der Waals surface area contributed by atoms with Gasteiger partial charge in [0, 0.05) is 13.0 Å². The smallest absolute Gasteiger partial charge is 0.328 e. The van der Waals surface area contributed by atoms with Crippen LogP contribution < -0.4 is 0 Å². The van der Waals surface area contributed by atoms with Crippen molar-refractivity contribution >= 4 is 23.5 Å². The number of β-amino-alcohol motifs (C(OH)–C–C–N with tert-alkyl or cyclic N) is 1. The van der Waals surface area contributed by atoms with Gasteiger partial charge in [-0.2, -0.15) is 0 Å². The Morgan fingerprint density at radius 3 is 2.80 bits per heavy atom. The van der Waals surface area contributed by atoms with Gasteiger partial charge in [-0.3, -0.25) is 4.79 Å². The molecule has 1 fully saturated rings. The van der Waals surface area contributed by atoms with E-state index in [9.17, 15) is 14.7 Å². The van der Waals surface area contributed by atoms with E-state index in [1.54, 1.807) is 25.1 Å². The number of methoxy groups -OCH3 is 1. The zero-order valence-electron chi connectivity index (χ0n) is 11.3. The first kappa shape index (κ1) is 14.8. The van der Waals surface area contributed by atoms with Crippen LogP contribution in [0.5, 0.6) is 0 Å². The molecular weight excluding hydrogens is 282 g/mol. The van der Waals surface area contributed by atoms with E-state index in [-0.39, 0.29) is 18.9 Å². The molecule has 20 heavy (non-hydrogen) atoms. The Balaban J connectivity index is 2.31. The Kier molecular flexibility index (Phi) is 4.30. The summed E-state index contributed by atoms with van der Waals surface area (Å²) in [5.74, 6) is -0.899. The second kappa shape index (κ2) is 5.81. The average Bonchev–Trinajstić information content (AvgIpc) is 2.82. The molecule has 1 amide bonds. The molecule has 108 valence electrons. The van der Waals surface area contributed by atoms with Gasteiger partial charge in [0.15, 0.2) is 0 Å². The number of hydrogen-bond donors (Lipinski definition) is 1. The van der Waals surface area contributed by atoms with Crippen molar-refractivity contribution in [2.45, 2.75) is 25.5 Å². The molecular formula is C14H16ClNO4. The number of amides is 1. The quantitative estimate of drug-likeness (QED) is 0.838. The Hall–Kier alpha value is -1.59. The molecule has 1 aliphatic heterocycles. The summed E-state index contributed by atoms with van der Waals surface area (Å²) in [6.07, 6.45) is -0.548. The lowest BCUT2D eigenvalue weighted by atomic mass is 10.1. The standard InChI is InChI=1S/C14H16ClNO4/c1-8-4-3-5-10(12(8)15)13(18)16-7-9(17)6-11(16)14(19)20-2/h3-5,9,11,17H,6-7H2,1-2H3. The SMILES string of the molecule is COC(=O)C1CC(O)CN1C(=O)c1cccc(C)c1Cl. The highest BCUT2D eigenvalue weighted by Crippen LogP contribution is 2.26. The van der Waals surface area contributed by atoms with Crippen molar-refractivity contribution in [1.29, 1.82) is 0 Å². The topological polar surface area (TPSA) is 66.8 Å².